The Hall–Kier alpha value is -1.68. The van der Waals surface area contributed by atoms with Crippen molar-refractivity contribution in [1.82, 2.24) is 10.6 Å². The van der Waals surface area contributed by atoms with Gasteiger partial charge in [-0.1, -0.05) is 13.8 Å². The molecule has 0 radical (unpaired) electrons. The molecule has 0 rings (SSSR count). The van der Waals surface area contributed by atoms with Gasteiger partial charge in [-0.2, -0.15) is 17.0 Å². The summed E-state index contributed by atoms with van der Waals surface area (Å²) in [6.07, 6.45) is 4.44. The van der Waals surface area contributed by atoms with Crippen LogP contribution < -0.4 is 10.6 Å². The summed E-state index contributed by atoms with van der Waals surface area (Å²) in [4.78, 5) is 22.9. The highest BCUT2D eigenvalue weighted by Gasteiger charge is 2.21. The molecule has 0 heterocycles. The third-order valence-corrected chi connectivity index (χ3v) is 3.34. The highest BCUT2D eigenvalue weighted by atomic mass is 32.2. The standard InChI is InChI=1S/C14H23N3O3S/c1-10(2)4-6-16-9-11(8-15)13(18)17-12(14(19)20)5-7-21-3/h9-10,12,16H,4-7H2,1-3H3,(H,17,18)(H,19,20)/b11-9-. The van der Waals surface area contributed by atoms with Crippen LogP contribution in [0.2, 0.25) is 0 Å². The van der Waals surface area contributed by atoms with Crippen LogP contribution in [-0.2, 0) is 9.59 Å². The van der Waals surface area contributed by atoms with E-state index in [-0.39, 0.29) is 5.57 Å². The number of rotatable bonds is 10. The zero-order valence-corrected chi connectivity index (χ0v) is 13.5. The van der Waals surface area contributed by atoms with Crippen molar-refractivity contribution in [2.24, 2.45) is 5.92 Å². The van der Waals surface area contributed by atoms with Gasteiger partial charge in [0.15, 0.2) is 0 Å². The fourth-order valence-electron chi connectivity index (χ4n) is 1.42. The summed E-state index contributed by atoms with van der Waals surface area (Å²) in [6, 6.07) is 0.804. The SMILES string of the molecule is CSCCC(NC(=O)/C(C#N)=C\NCCC(C)C)C(=O)O. The molecule has 0 saturated heterocycles. The Morgan fingerprint density at radius 1 is 1.38 bits per heavy atom. The molecule has 1 amide bonds. The fourth-order valence-corrected chi connectivity index (χ4v) is 1.90. The minimum Gasteiger partial charge on any atom is -0.480 e. The molecule has 0 aromatic heterocycles. The lowest BCUT2D eigenvalue weighted by Crippen LogP contribution is -2.41. The molecule has 1 unspecified atom stereocenters. The molecule has 6 nitrogen and oxygen atoms in total. The van der Waals surface area contributed by atoms with Gasteiger partial charge in [0.2, 0.25) is 0 Å². The van der Waals surface area contributed by atoms with Crippen molar-refractivity contribution >= 4 is 23.6 Å². The Morgan fingerprint density at radius 3 is 2.52 bits per heavy atom. The highest BCUT2D eigenvalue weighted by Crippen LogP contribution is 2.03. The van der Waals surface area contributed by atoms with Gasteiger partial charge in [-0.05, 0) is 30.8 Å². The van der Waals surface area contributed by atoms with Crippen LogP contribution in [-0.4, -0.2) is 41.6 Å². The first-order valence-corrected chi connectivity index (χ1v) is 8.18. The van der Waals surface area contributed by atoms with Crippen molar-refractivity contribution in [3.05, 3.63) is 11.8 Å². The molecular weight excluding hydrogens is 290 g/mol. The predicted molar refractivity (Wildman–Crippen MR) is 83.7 cm³/mol. The quantitative estimate of drug-likeness (QED) is 0.320. The molecule has 0 aromatic carbocycles. The first-order chi connectivity index (χ1) is 9.92. The molecular formula is C14H23N3O3S. The summed E-state index contributed by atoms with van der Waals surface area (Å²) in [5, 5.41) is 23.3. The van der Waals surface area contributed by atoms with Crippen LogP contribution in [0.3, 0.4) is 0 Å². The van der Waals surface area contributed by atoms with Gasteiger partial charge in [-0.25, -0.2) is 4.79 Å². The number of hydrogen-bond acceptors (Lipinski definition) is 5. The van der Waals surface area contributed by atoms with E-state index >= 15 is 0 Å². The van der Waals surface area contributed by atoms with Gasteiger partial charge in [0, 0.05) is 12.7 Å². The minimum atomic E-state index is -1.09. The van der Waals surface area contributed by atoms with Crippen molar-refractivity contribution in [2.45, 2.75) is 32.7 Å². The second-order valence-electron chi connectivity index (χ2n) is 4.95. The molecule has 0 aliphatic rings. The van der Waals surface area contributed by atoms with E-state index in [4.69, 9.17) is 10.4 Å². The number of thioether (sulfide) groups is 1. The lowest BCUT2D eigenvalue weighted by molar-refractivity contribution is -0.141. The van der Waals surface area contributed by atoms with Gasteiger partial charge in [0.25, 0.3) is 5.91 Å². The minimum absolute atomic E-state index is 0.117. The molecule has 21 heavy (non-hydrogen) atoms. The van der Waals surface area contributed by atoms with Gasteiger partial charge in [-0.3, -0.25) is 4.79 Å². The molecule has 0 saturated carbocycles. The van der Waals surface area contributed by atoms with E-state index in [1.165, 1.54) is 18.0 Å². The van der Waals surface area contributed by atoms with Crippen LogP contribution >= 0.6 is 11.8 Å². The van der Waals surface area contributed by atoms with Crippen LogP contribution in [0.15, 0.2) is 11.8 Å². The third-order valence-electron chi connectivity index (χ3n) is 2.69. The van der Waals surface area contributed by atoms with E-state index in [0.717, 1.165) is 6.42 Å². The summed E-state index contributed by atoms with van der Waals surface area (Å²) in [5.74, 6) is -0.617. The van der Waals surface area contributed by atoms with Crippen LogP contribution in [0.5, 0.6) is 0 Å². The Kier molecular flexibility index (Phi) is 10.1. The zero-order chi connectivity index (χ0) is 16.3. The molecule has 0 fully saturated rings. The third kappa shape index (κ3) is 8.97. The smallest absolute Gasteiger partial charge is 0.326 e. The number of nitrogens with zero attached hydrogens (tertiary/aromatic N) is 1. The first-order valence-electron chi connectivity index (χ1n) is 6.78. The average Bonchev–Trinajstić information content (AvgIpc) is 2.42. The number of hydrogen-bond donors (Lipinski definition) is 3. The van der Waals surface area contributed by atoms with Gasteiger partial charge in [0.05, 0.1) is 0 Å². The predicted octanol–water partition coefficient (Wildman–Crippen LogP) is 1.35. The number of carboxylic acid groups (broad SMARTS) is 1. The Labute approximate surface area is 130 Å². The lowest BCUT2D eigenvalue weighted by Gasteiger charge is -2.13. The van der Waals surface area contributed by atoms with Crippen LogP contribution in [0.25, 0.3) is 0 Å². The molecule has 0 aliphatic carbocycles. The van der Waals surface area contributed by atoms with Gasteiger partial charge in [0.1, 0.15) is 17.7 Å². The molecule has 7 heteroatoms. The maximum Gasteiger partial charge on any atom is 0.326 e. The van der Waals surface area contributed by atoms with Crippen LogP contribution in [0.4, 0.5) is 0 Å². The Balaban J connectivity index is 4.51. The summed E-state index contributed by atoms with van der Waals surface area (Å²) in [6.45, 7) is 4.81. The maximum atomic E-state index is 11.9. The number of carboxylic acids is 1. The van der Waals surface area contributed by atoms with Crippen LogP contribution in [0.1, 0.15) is 26.7 Å². The number of carbonyl (C=O) groups is 2. The number of carbonyl (C=O) groups excluding carboxylic acids is 1. The van der Waals surface area contributed by atoms with E-state index in [2.05, 4.69) is 24.5 Å². The van der Waals surface area contributed by atoms with Crippen molar-refractivity contribution < 1.29 is 14.7 Å². The molecule has 0 bridgehead atoms. The topological polar surface area (TPSA) is 102 Å². The molecule has 0 spiro atoms. The van der Waals surface area contributed by atoms with E-state index in [1.54, 1.807) is 6.07 Å². The molecule has 1 atom stereocenters. The summed E-state index contributed by atoms with van der Waals surface area (Å²) < 4.78 is 0. The van der Waals surface area contributed by atoms with Crippen LogP contribution in [0, 0.1) is 17.2 Å². The van der Waals surface area contributed by atoms with E-state index in [9.17, 15) is 9.59 Å². The monoisotopic (exact) mass is 313 g/mol. The summed E-state index contributed by atoms with van der Waals surface area (Å²) >= 11 is 1.50. The molecule has 0 aromatic rings. The van der Waals surface area contributed by atoms with Crippen molar-refractivity contribution in [3.63, 3.8) is 0 Å². The highest BCUT2D eigenvalue weighted by molar-refractivity contribution is 7.98. The number of nitrogens with one attached hydrogen (secondary N) is 2. The Bertz CT molecular complexity index is 416. The molecule has 118 valence electrons. The number of nitriles is 1. The van der Waals surface area contributed by atoms with E-state index in [1.807, 2.05) is 6.26 Å². The summed E-state index contributed by atoms with van der Waals surface area (Å²) in [7, 11) is 0. The van der Waals surface area contributed by atoms with Crippen molar-refractivity contribution in [2.75, 3.05) is 18.6 Å². The van der Waals surface area contributed by atoms with E-state index in [0.29, 0.717) is 24.6 Å². The number of aliphatic carboxylic acids is 1. The van der Waals surface area contributed by atoms with Gasteiger partial charge >= 0.3 is 5.97 Å². The fraction of sp³-hybridized carbons (Fsp3) is 0.643. The largest absolute Gasteiger partial charge is 0.480 e. The second-order valence-corrected chi connectivity index (χ2v) is 5.94. The second kappa shape index (κ2) is 11.0. The average molecular weight is 313 g/mol. The van der Waals surface area contributed by atoms with Crippen molar-refractivity contribution in [3.8, 4) is 6.07 Å². The maximum absolute atomic E-state index is 11.9. The molecule has 0 aliphatic heterocycles. The first kappa shape index (κ1) is 19.3. The number of amides is 1. The Morgan fingerprint density at radius 2 is 2.05 bits per heavy atom. The van der Waals surface area contributed by atoms with Gasteiger partial charge < -0.3 is 15.7 Å². The van der Waals surface area contributed by atoms with Crippen molar-refractivity contribution in [1.29, 1.82) is 5.26 Å². The normalized spacial score (nSPS) is 12.6. The van der Waals surface area contributed by atoms with Gasteiger partial charge in [-0.15, -0.1) is 0 Å². The lowest BCUT2D eigenvalue weighted by atomic mass is 10.1. The van der Waals surface area contributed by atoms with E-state index < -0.39 is 17.9 Å². The summed E-state index contributed by atoms with van der Waals surface area (Å²) in [5.41, 5.74) is -0.117. The zero-order valence-electron chi connectivity index (χ0n) is 12.7. The molecule has 3 N–H and O–H groups in total.